The van der Waals surface area contributed by atoms with E-state index in [1.165, 1.54) is 6.92 Å². The van der Waals surface area contributed by atoms with E-state index in [-0.39, 0.29) is 6.42 Å². The molecule has 162 valence electrons. The van der Waals surface area contributed by atoms with E-state index in [2.05, 4.69) is 0 Å². The van der Waals surface area contributed by atoms with Crippen molar-refractivity contribution in [3.05, 3.63) is 0 Å². The summed E-state index contributed by atoms with van der Waals surface area (Å²) in [6, 6.07) is 0. The van der Waals surface area contributed by atoms with E-state index >= 15 is 0 Å². The molecular formula is C16H27O11P. The molecule has 1 N–H and O–H groups in total. The summed E-state index contributed by atoms with van der Waals surface area (Å²) in [6.07, 6.45) is -5.66. The van der Waals surface area contributed by atoms with Gasteiger partial charge in [-0.05, 0) is 6.92 Å². The number of hydrogen-bond donors (Lipinski definition) is 1. The van der Waals surface area contributed by atoms with Gasteiger partial charge in [0.1, 0.15) is 6.10 Å². The normalized spacial score (nSPS) is 28.9. The molecule has 0 radical (unpaired) electrons. The Kier molecular flexibility index (Phi) is 9.03. The lowest BCUT2D eigenvalue weighted by atomic mass is 9.93. The zero-order valence-corrected chi connectivity index (χ0v) is 17.5. The lowest BCUT2D eigenvalue weighted by Gasteiger charge is -2.44. The van der Waals surface area contributed by atoms with Crippen molar-refractivity contribution in [2.75, 3.05) is 14.2 Å². The van der Waals surface area contributed by atoms with Crippen LogP contribution in [0.3, 0.4) is 0 Å². The van der Waals surface area contributed by atoms with Gasteiger partial charge in [-0.1, -0.05) is 0 Å². The molecule has 0 aromatic heterocycles. The molecule has 0 amide bonds. The molecule has 1 saturated heterocycles. The predicted molar refractivity (Wildman–Crippen MR) is 93.2 cm³/mol. The van der Waals surface area contributed by atoms with Gasteiger partial charge in [-0.25, -0.2) is 0 Å². The maximum absolute atomic E-state index is 12.4. The molecule has 1 fully saturated rings. The third-order valence-electron chi connectivity index (χ3n) is 4.09. The van der Waals surface area contributed by atoms with Crippen LogP contribution < -0.4 is 0 Å². The molecule has 11 nitrogen and oxygen atoms in total. The van der Waals surface area contributed by atoms with Gasteiger partial charge in [0.05, 0.1) is 6.10 Å². The third kappa shape index (κ3) is 6.25. The average molecular weight is 426 g/mol. The fourth-order valence-electron chi connectivity index (χ4n) is 2.96. The van der Waals surface area contributed by atoms with Crippen LogP contribution >= 0.6 is 7.60 Å². The van der Waals surface area contributed by atoms with Crippen molar-refractivity contribution in [2.24, 2.45) is 0 Å². The lowest BCUT2D eigenvalue weighted by Crippen LogP contribution is -2.61. The summed E-state index contributed by atoms with van der Waals surface area (Å²) in [6.45, 7) is 5.00. The zero-order chi connectivity index (χ0) is 21.6. The van der Waals surface area contributed by atoms with Crippen LogP contribution in [0.15, 0.2) is 0 Å². The number of aliphatic hydroxyl groups excluding tert-OH is 1. The molecule has 1 rings (SSSR count). The summed E-state index contributed by atoms with van der Waals surface area (Å²) in [4.78, 5) is 34.6. The van der Waals surface area contributed by atoms with Gasteiger partial charge in [0.25, 0.3) is 0 Å². The summed E-state index contributed by atoms with van der Waals surface area (Å²) < 4.78 is 43.3. The predicted octanol–water partition coefficient (Wildman–Crippen LogP) is 0.763. The number of hydrogen-bond acceptors (Lipinski definition) is 11. The molecule has 1 heterocycles. The van der Waals surface area contributed by atoms with Crippen LogP contribution in [0.1, 0.15) is 34.1 Å². The topological polar surface area (TPSA) is 144 Å². The van der Waals surface area contributed by atoms with Crippen LogP contribution in [-0.2, 0) is 46.9 Å². The van der Waals surface area contributed by atoms with Gasteiger partial charge in [-0.2, -0.15) is 0 Å². The minimum Gasteiger partial charge on any atom is -0.456 e. The van der Waals surface area contributed by atoms with Crippen molar-refractivity contribution in [1.82, 2.24) is 0 Å². The molecule has 0 spiro atoms. The maximum Gasteiger partial charge on any atom is 0.358 e. The SMILES string of the molecule is COP(=O)(OC)C(O)C[C@H]1O[C@@H](C)[C@H](OC(C)=O)[C@@H](OC(C)=O)[C@H]1OC(C)=O. The summed E-state index contributed by atoms with van der Waals surface area (Å²) >= 11 is 0. The highest BCUT2D eigenvalue weighted by molar-refractivity contribution is 7.54. The Balaban J connectivity index is 3.23. The van der Waals surface area contributed by atoms with Crippen molar-refractivity contribution in [3.8, 4) is 0 Å². The Labute approximate surface area is 163 Å². The second-order valence-electron chi connectivity index (χ2n) is 6.22. The third-order valence-corrected chi connectivity index (χ3v) is 6.05. The lowest BCUT2D eigenvalue weighted by molar-refractivity contribution is -0.246. The van der Waals surface area contributed by atoms with E-state index in [1.54, 1.807) is 6.92 Å². The summed E-state index contributed by atoms with van der Waals surface area (Å²) in [7, 11) is -1.64. The van der Waals surface area contributed by atoms with Gasteiger partial charge in [-0.15, -0.1) is 0 Å². The highest BCUT2D eigenvalue weighted by Gasteiger charge is 2.51. The molecule has 6 atom stereocenters. The monoisotopic (exact) mass is 426 g/mol. The number of carbonyl (C=O) groups excluding carboxylic acids is 3. The van der Waals surface area contributed by atoms with E-state index < -0.39 is 61.9 Å². The molecule has 12 heteroatoms. The fraction of sp³-hybridized carbons (Fsp3) is 0.812. The fourth-order valence-corrected chi connectivity index (χ4v) is 4.06. The zero-order valence-electron chi connectivity index (χ0n) is 16.6. The van der Waals surface area contributed by atoms with Gasteiger partial charge in [0.15, 0.2) is 24.2 Å². The summed E-state index contributed by atoms with van der Waals surface area (Å²) in [5, 5.41) is 10.3. The highest BCUT2D eigenvalue weighted by Crippen LogP contribution is 2.52. The molecule has 0 bridgehead atoms. The number of aliphatic hydroxyl groups is 1. The van der Waals surface area contributed by atoms with Crippen LogP contribution in [0.2, 0.25) is 0 Å². The van der Waals surface area contributed by atoms with Gasteiger partial charge in [-0.3, -0.25) is 18.9 Å². The molecule has 0 aliphatic carbocycles. The second kappa shape index (κ2) is 10.3. The van der Waals surface area contributed by atoms with Gasteiger partial charge < -0.3 is 33.1 Å². The smallest absolute Gasteiger partial charge is 0.358 e. The minimum absolute atomic E-state index is 0.328. The van der Waals surface area contributed by atoms with Gasteiger partial charge >= 0.3 is 25.5 Å². The number of rotatable bonds is 8. The largest absolute Gasteiger partial charge is 0.456 e. The maximum atomic E-state index is 12.4. The Morgan fingerprint density at radius 2 is 1.36 bits per heavy atom. The first kappa shape index (κ1) is 24.5. The molecule has 0 aromatic carbocycles. The van der Waals surface area contributed by atoms with Crippen molar-refractivity contribution in [3.63, 3.8) is 0 Å². The molecule has 0 saturated carbocycles. The molecule has 1 aliphatic heterocycles. The van der Waals surface area contributed by atoms with Crippen LogP contribution in [0.25, 0.3) is 0 Å². The minimum atomic E-state index is -3.86. The van der Waals surface area contributed by atoms with E-state index in [1.807, 2.05) is 0 Å². The molecule has 1 unspecified atom stereocenters. The Morgan fingerprint density at radius 3 is 1.79 bits per heavy atom. The highest BCUT2D eigenvalue weighted by atomic mass is 31.2. The van der Waals surface area contributed by atoms with E-state index in [9.17, 15) is 24.1 Å². The van der Waals surface area contributed by atoms with Crippen molar-refractivity contribution < 1.29 is 52.1 Å². The second-order valence-corrected chi connectivity index (χ2v) is 8.63. The summed E-state index contributed by atoms with van der Waals surface area (Å²) in [5.74, 6) is -3.68. The van der Waals surface area contributed by atoms with Gasteiger partial charge in [0, 0.05) is 41.4 Å². The van der Waals surface area contributed by atoms with Crippen molar-refractivity contribution in [1.29, 1.82) is 0 Å². The number of carbonyl (C=O) groups is 3. The van der Waals surface area contributed by atoms with Crippen LogP contribution in [0.4, 0.5) is 0 Å². The quantitative estimate of drug-likeness (QED) is 0.334. The first-order valence-corrected chi connectivity index (χ1v) is 10.1. The summed E-state index contributed by atoms with van der Waals surface area (Å²) in [5.41, 5.74) is 0. The van der Waals surface area contributed by atoms with Gasteiger partial charge in [0.2, 0.25) is 0 Å². The Hall–Kier alpha value is -1.52. The Bertz CT molecular complexity index is 614. The Morgan fingerprint density at radius 1 is 0.929 bits per heavy atom. The number of esters is 3. The average Bonchev–Trinajstić information content (AvgIpc) is 2.59. The standard InChI is InChI=1S/C16H27O11P/c1-8-14(25-9(2)17)16(27-11(4)19)15(26-10(3)18)12(24-8)7-13(20)28(21,22-5)23-6/h8,12-16,20H,7H2,1-6H3/t8-,12+,13?,14-,15-,16+/m0/s1. The molecule has 1 aliphatic rings. The van der Waals surface area contributed by atoms with Crippen LogP contribution in [-0.4, -0.2) is 73.6 Å². The van der Waals surface area contributed by atoms with E-state index in [0.29, 0.717) is 0 Å². The molecular weight excluding hydrogens is 399 g/mol. The molecule has 0 aromatic rings. The van der Waals surface area contributed by atoms with Crippen molar-refractivity contribution >= 4 is 25.5 Å². The number of ether oxygens (including phenoxy) is 4. The van der Waals surface area contributed by atoms with E-state index in [4.69, 9.17) is 28.0 Å². The molecule has 28 heavy (non-hydrogen) atoms. The van der Waals surface area contributed by atoms with Crippen LogP contribution in [0, 0.1) is 0 Å². The van der Waals surface area contributed by atoms with Crippen molar-refractivity contribution in [2.45, 2.75) is 70.5 Å². The van der Waals surface area contributed by atoms with Crippen LogP contribution in [0.5, 0.6) is 0 Å². The first-order valence-electron chi connectivity index (χ1n) is 8.51. The first-order chi connectivity index (χ1) is 12.9. The van der Waals surface area contributed by atoms with E-state index in [0.717, 1.165) is 28.1 Å².